The summed E-state index contributed by atoms with van der Waals surface area (Å²) in [5.74, 6) is 0.563. The van der Waals surface area contributed by atoms with Crippen LogP contribution in [0, 0.1) is 11.7 Å². The molecule has 2 heterocycles. The molecule has 1 atom stereocenters. The lowest BCUT2D eigenvalue weighted by Crippen LogP contribution is -2.35. The Bertz CT molecular complexity index is 719. The van der Waals surface area contributed by atoms with Crippen molar-refractivity contribution in [3.63, 3.8) is 0 Å². The summed E-state index contributed by atoms with van der Waals surface area (Å²) >= 11 is 0. The molecule has 1 aromatic carbocycles. The van der Waals surface area contributed by atoms with Crippen LogP contribution in [-0.4, -0.2) is 41.1 Å². The number of nitrogens with zero attached hydrogens (tertiary/aromatic N) is 3. The van der Waals surface area contributed by atoms with E-state index in [-0.39, 0.29) is 17.5 Å². The van der Waals surface area contributed by atoms with Crippen molar-refractivity contribution in [2.45, 2.75) is 32.2 Å². The minimum Gasteiger partial charge on any atom is -0.352 e. The van der Waals surface area contributed by atoms with E-state index in [1.165, 1.54) is 13.1 Å². The number of hydrogen-bond donors (Lipinski definition) is 1. The lowest BCUT2D eigenvalue weighted by atomic mass is 9.91. The van der Waals surface area contributed by atoms with E-state index in [1.807, 2.05) is 12.1 Å². The number of amides is 1. The van der Waals surface area contributed by atoms with Gasteiger partial charge in [0.15, 0.2) is 0 Å². The van der Waals surface area contributed by atoms with Gasteiger partial charge in [0.05, 0.1) is 6.54 Å². The minimum absolute atomic E-state index is 0.0608. The van der Waals surface area contributed by atoms with E-state index < -0.39 is 0 Å². The molecule has 2 aromatic rings. The van der Waals surface area contributed by atoms with Crippen molar-refractivity contribution in [2.75, 3.05) is 20.1 Å². The zero-order valence-electron chi connectivity index (χ0n) is 14.4. The number of likely N-dealkylation sites (tertiary alicyclic amines) is 1. The molecular formula is C18H23FN4O2. The standard InChI is InChI=1S/C18H23FN4O2/c1-20-18(24)17-21-16(25-22-17)12-23-10-4-5-13(11-23)8-9-14-6-2-3-7-15(14)19/h2-3,6-7,13H,4-5,8-12H2,1H3,(H,20,24)/t13-/m0/s1. The zero-order valence-corrected chi connectivity index (χ0v) is 14.4. The van der Waals surface area contributed by atoms with Crippen LogP contribution in [0.25, 0.3) is 0 Å². The van der Waals surface area contributed by atoms with Gasteiger partial charge in [-0.3, -0.25) is 9.69 Å². The SMILES string of the molecule is CNC(=O)c1noc(CN2CCC[C@@H](CCc3ccccc3F)C2)n1. The number of piperidine rings is 1. The Morgan fingerprint density at radius 3 is 3.08 bits per heavy atom. The van der Waals surface area contributed by atoms with Gasteiger partial charge >= 0.3 is 0 Å². The maximum absolute atomic E-state index is 13.7. The van der Waals surface area contributed by atoms with Gasteiger partial charge in [0.1, 0.15) is 5.82 Å². The van der Waals surface area contributed by atoms with Gasteiger partial charge in [-0.25, -0.2) is 4.39 Å². The van der Waals surface area contributed by atoms with Crippen LogP contribution in [0.5, 0.6) is 0 Å². The molecule has 1 fully saturated rings. The highest BCUT2D eigenvalue weighted by Gasteiger charge is 2.22. The minimum atomic E-state index is -0.351. The van der Waals surface area contributed by atoms with E-state index in [2.05, 4.69) is 20.4 Å². The van der Waals surface area contributed by atoms with E-state index in [9.17, 15) is 9.18 Å². The Morgan fingerprint density at radius 1 is 1.44 bits per heavy atom. The smallest absolute Gasteiger partial charge is 0.292 e. The highest BCUT2D eigenvalue weighted by atomic mass is 19.1. The Balaban J connectivity index is 1.52. The fraction of sp³-hybridized carbons (Fsp3) is 0.500. The third-order valence-electron chi connectivity index (χ3n) is 4.64. The van der Waals surface area contributed by atoms with Gasteiger partial charge in [-0.2, -0.15) is 4.98 Å². The van der Waals surface area contributed by atoms with Gasteiger partial charge in [-0.1, -0.05) is 23.4 Å². The van der Waals surface area contributed by atoms with Crippen molar-refractivity contribution in [2.24, 2.45) is 5.92 Å². The van der Waals surface area contributed by atoms with Crippen molar-refractivity contribution in [1.82, 2.24) is 20.4 Å². The van der Waals surface area contributed by atoms with E-state index in [4.69, 9.17) is 4.52 Å². The summed E-state index contributed by atoms with van der Waals surface area (Å²) in [6, 6.07) is 6.97. The molecule has 25 heavy (non-hydrogen) atoms. The molecule has 7 heteroatoms. The highest BCUT2D eigenvalue weighted by Crippen LogP contribution is 2.23. The normalized spacial score (nSPS) is 18.2. The Kier molecular flexibility index (Phi) is 5.75. The van der Waals surface area contributed by atoms with Crippen molar-refractivity contribution < 1.29 is 13.7 Å². The van der Waals surface area contributed by atoms with Crippen LogP contribution in [0.2, 0.25) is 0 Å². The van der Waals surface area contributed by atoms with E-state index in [1.54, 1.807) is 6.07 Å². The largest absolute Gasteiger partial charge is 0.352 e. The first kappa shape index (κ1) is 17.5. The Hall–Kier alpha value is -2.28. The van der Waals surface area contributed by atoms with Gasteiger partial charge in [0, 0.05) is 13.6 Å². The number of halogens is 1. The Morgan fingerprint density at radius 2 is 2.28 bits per heavy atom. The molecule has 6 nitrogen and oxygen atoms in total. The number of hydrogen-bond acceptors (Lipinski definition) is 5. The molecule has 0 bridgehead atoms. The maximum Gasteiger partial charge on any atom is 0.292 e. The zero-order chi connectivity index (χ0) is 17.6. The van der Waals surface area contributed by atoms with Gasteiger partial charge in [-0.15, -0.1) is 0 Å². The second-order valence-electron chi connectivity index (χ2n) is 6.46. The second kappa shape index (κ2) is 8.20. The van der Waals surface area contributed by atoms with Crippen LogP contribution in [0.15, 0.2) is 28.8 Å². The quantitative estimate of drug-likeness (QED) is 0.870. The number of benzene rings is 1. The summed E-state index contributed by atoms with van der Waals surface area (Å²) in [6.45, 7) is 2.43. The molecule has 0 saturated carbocycles. The summed E-state index contributed by atoms with van der Waals surface area (Å²) in [5.41, 5.74) is 0.784. The topological polar surface area (TPSA) is 71.3 Å². The molecular weight excluding hydrogens is 323 g/mol. The number of nitrogens with one attached hydrogen (secondary N) is 1. The summed E-state index contributed by atoms with van der Waals surface area (Å²) in [4.78, 5) is 17.9. The summed E-state index contributed by atoms with van der Waals surface area (Å²) in [6.07, 6.45) is 3.97. The van der Waals surface area contributed by atoms with Crippen LogP contribution in [0.3, 0.4) is 0 Å². The fourth-order valence-corrected chi connectivity index (χ4v) is 3.31. The molecule has 3 rings (SSSR count). The van der Waals surface area contributed by atoms with Crippen LogP contribution in [0.4, 0.5) is 4.39 Å². The lowest BCUT2D eigenvalue weighted by molar-refractivity contribution is 0.0950. The van der Waals surface area contributed by atoms with Crippen LogP contribution < -0.4 is 5.32 Å². The van der Waals surface area contributed by atoms with Crippen molar-refractivity contribution in [3.05, 3.63) is 47.4 Å². The van der Waals surface area contributed by atoms with Gasteiger partial charge < -0.3 is 9.84 Å². The van der Waals surface area contributed by atoms with E-state index in [0.29, 0.717) is 18.4 Å². The number of carbonyl (C=O) groups is 1. The van der Waals surface area contributed by atoms with Crippen molar-refractivity contribution >= 4 is 5.91 Å². The van der Waals surface area contributed by atoms with Gasteiger partial charge in [0.2, 0.25) is 5.89 Å². The molecule has 1 saturated heterocycles. The predicted octanol–water partition coefficient (Wildman–Crippen LogP) is 2.41. The summed E-state index contributed by atoms with van der Waals surface area (Å²) in [5, 5.41) is 6.16. The summed E-state index contributed by atoms with van der Waals surface area (Å²) in [7, 11) is 1.53. The molecule has 0 unspecified atom stereocenters. The predicted molar refractivity (Wildman–Crippen MR) is 90.4 cm³/mol. The number of aromatic nitrogens is 2. The van der Waals surface area contributed by atoms with Crippen LogP contribution >= 0.6 is 0 Å². The van der Waals surface area contributed by atoms with Gasteiger partial charge in [-0.05, 0) is 49.8 Å². The molecule has 0 radical (unpaired) electrons. The van der Waals surface area contributed by atoms with Crippen molar-refractivity contribution in [3.8, 4) is 0 Å². The number of aryl methyl sites for hydroxylation is 1. The van der Waals surface area contributed by atoms with Crippen molar-refractivity contribution in [1.29, 1.82) is 0 Å². The molecule has 134 valence electrons. The maximum atomic E-state index is 13.7. The third-order valence-corrected chi connectivity index (χ3v) is 4.64. The first-order chi connectivity index (χ1) is 12.2. The average molecular weight is 346 g/mol. The molecule has 1 N–H and O–H groups in total. The molecule has 1 aliphatic heterocycles. The average Bonchev–Trinajstić information content (AvgIpc) is 3.09. The number of rotatable bonds is 6. The van der Waals surface area contributed by atoms with E-state index >= 15 is 0 Å². The summed E-state index contributed by atoms with van der Waals surface area (Å²) < 4.78 is 18.9. The first-order valence-electron chi connectivity index (χ1n) is 8.66. The Labute approximate surface area is 146 Å². The van der Waals surface area contributed by atoms with Crippen LogP contribution in [-0.2, 0) is 13.0 Å². The molecule has 1 aliphatic rings. The fourth-order valence-electron chi connectivity index (χ4n) is 3.31. The van der Waals surface area contributed by atoms with E-state index in [0.717, 1.165) is 44.3 Å². The van der Waals surface area contributed by atoms with Gasteiger partial charge in [0.25, 0.3) is 11.7 Å². The highest BCUT2D eigenvalue weighted by molar-refractivity contribution is 5.89. The molecule has 0 spiro atoms. The number of carbonyl (C=O) groups excluding carboxylic acids is 1. The molecule has 0 aliphatic carbocycles. The third kappa shape index (κ3) is 4.63. The molecule has 1 aromatic heterocycles. The monoisotopic (exact) mass is 346 g/mol. The van der Waals surface area contributed by atoms with Crippen LogP contribution in [0.1, 0.15) is 41.3 Å². The lowest BCUT2D eigenvalue weighted by Gasteiger charge is -2.31. The first-order valence-corrected chi connectivity index (χ1v) is 8.66. The molecule has 1 amide bonds. The second-order valence-corrected chi connectivity index (χ2v) is 6.46.